The summed E-state index contributed by atoms with van der Waals surface area (Å²) in [6, 6.07) is 0. The van der Waals surface area contributed by atoms with Gasteiger partial charge in [0.05, 0.1) is 31.3 Å². The zero-order valence-corrected chi connectivity index (χ0v) is 14.4. The van der Waals surface area contributed by atoms with Gasteiger partial charge in [-0.3, -0.25) is 4.79 Å². The van der Waals surface area contributed by atoms with Crippen molar-refractivity contribution in [2.45, 2.75) is 45.3 Å². The molecule has 0 amide bonds. The van der Waals surface area contributed by atoms with Crippen LogP contribution in [0.2, 0.25) is 0 Å². The van der Waals surface area contributed by atoms with Gasteiger partial charge in [0.1, 0.15) is 0 Å². The summed E-state index contributed by atoms with van der Waals surface area (Å²) in [5, 5.41) is 34.0. The molecule has 0 heterocycles. The number of rotatable bonds is 6. The summed E-state index contributed by atoms with van der Waals surface area (Å²) in [6.07, 6.45) is 5.02. The van der Waals surface area contributed by atoms with Crippen LogP contribution >= 0.6 is 0 Å². The molecule has 0 aromatic rings. The van der Waals surface area contributed by atoms with E-state index >= 15 is 0 Å². The Kier molecular flexibility index (Phi) is 6.00. The van der Waals surface area contributed by atoms with E-state index in [-0.39, 0.29) is 18.2 Å². The highest BCUT2D eigenvalue weighted by atomic mass is 16.3. The van der Waals surface area contributed by atoms with E-state index in [2.05, 4.69) is 18.3 Å². The second-order valence-electron chi connectivity index (χ2n) is 7.61. The topological polar surface area (TPSA) is 89.8 Å². The standard InChI is InChI=1S/C18H31NO4/c1-11-4-6-14-12(8-11)5-7-16(22)18(14,2)17(23)13(10-20)15(21)9-19-3/h5,7,11-14,16-17,19-20,22-23H,4,6,8-10H2,1-3H3/t11-,12+,13?,14?,16-,17-,18-/m0/s1. The Balaban J connectivity index is 2.29. The van der Waals surface area contributed by atoms with E-state index in [1.54, 1.807) is 13.1 Å². The fraction of sp³-hybridized carbons (Fsp3) is 0.833. The van der Waals surface area contributed by atoms with Gasteiger partial charge in [-0.25, -0.2) is 0 Å². The van der Waals surface area contributed by atoms with Crippen molar-refractivity contribution in [2.24, 2.45) is 29.1 Å². The van der Waals surface area contributed by atoms with Gasteiger partial charge < -0.3 is 20.6 Å². The van der Waals surface area contributed by atoms with Crippen LogP contribution in [0.1, 0.15) is 33.1 Å². The first-order chi connectivity index (χ1) is 10.9. The lowest BCUT2D eigenvalue weighted by atomic mass is 9.54. The number of ketones is 1. The van der Waals surface area contributed by atoms with Gasteiger partial charge in [0.15, 0.2) is 5.78 Å². The lowest BCUT2D eigenvalue weighted by molar-refractivity contribution is -0.150. The number of likely N-dealkylation sites (N-methyl/N-ethyl adjacent to an activating group) is 1. The Morgan fingerprint density at radius 3 is 2.70 bits per heavy atom. The Morgan fingerprint density at radius 1 is 1.39 bits per heavy atom. The number of hydrogen-bond donors (Lipinski definition) is 4. The average molecular weight is 325 g/mol. The van der Waals surface area contributed by atoms with Crippen LogP contribution in [-0.4, -0.2) is 53.5 Å². The molecule has 0 aromatic heterocycles. The Morgan fingerprint density at radius 2 is 2.09 bits per heavy atom. The third kappa shape index (κ3) is 3.38. The maximum atomic E-state index is 12.2. The first-order valence-corrected chi connectivity index (χ1v) is 8.68. The fourth-order valence-electron chi connectivity index (χ4n) is 4.60. The van der Waals surface area contributed by atoms with E-state index < -0.39 is 30.1 Å². The molecular weight excluding hydrogens is 294 g/mol. The van der Waals surface area contributed by atoms with Crippen LogP contribution in [0, 0.1) is 29.1 Å². The number of aliphatic hydroxyl groups excluding tert-OH is 3. The van der Waals surface area contributed by atoms with E-state index in [0.29, 0.717) is 11.8 Å². The Bertz CT molecular complexity index is 452. The summed E-state index contributed by atoms with van der Waals surface area (Å²) in [5.41, 5.74) is -0.809. The van der Waals surface area contributed by atoms with Crippen LogP contribution in [0.15, 0.2) is 12.2 Å². The van der Waals surface area contributed by atoms with E-state index in [0.717, 1.165) is 19.3 Å². The molecule has 2 unspecified atom stereocenters. The Hall–Kier alpha value is -0.750. The first kappa shape index (κ1) is 18.6. The molecule has 0 radical (unpaired) electrons. The smallest absolute Gasteiger partial charge is 0.154 e. The molecule has 132 valence electrons. The lowest BCUT2D eigenvalue weighted by Gasteiger charge is -2.53. The molecule has 0 saturated heterocycles. The minimum Gasteiger partial charge on any atom is -0.396 e. The van der Waals surface area contributed by atoms with Gasteiger partial charge in [0.2, 0.25) is 0 Å². The van der Waals surface area contributed by atoms with E-state index in [1.807, 2.05) is 6.92 Å². The van der Waals surface area contributed by atoms with Crippen LogP contribution in [-0.2, 0) is 4.79 Å². The molecule has 5 heteroatoms. The fourth-order valence-corrected chi connectivity index (χ4v) is 4.60. The van der Waals surface area contributed by atoms with Gasteiger partial charge >= 0.3 is 0 Å². The normalized spacial score (nSPS) is 39.6. The number of Topliss-reactive ketones (excluding diaryl/α,β-unsaturated/α-hetero) is 1. The predicted molar refractivity (Wildman–Crippen MR) is 88.8 cm³/mol. The molecule has 0 aliphatic heterocycles. The third-order valence-corrected chi connectivity index (χ3v) is 6.12. The molecule has 1 fully saturated rings. The quantitative estimate of drug-likeness (QED) is 0.541. The SMILES string of the molecule is CNCC(=O)C(CO)[C@H](O)[C@@]1(C)C2CC[C@H](C)C[C@H]2C=C[C@@H]1O. The monoisotopic (exact) mass is 325 g/mol. The maximum Gasteiger partial charge on any atom is 0.154 e. The summed E-state index contributed by atoms with van der Waals surface area (Å²) in [5.74, 6) is 0.00239. The van der Waals surface area contributed by atoms with Crippen molar-refractivity contribution in [3.63, 3.8) is 0 Å². The van der Waals surface area contributed by atoms with Crippen molar-refractivity contribution in [1.82, 2.24) is 5.32 Å². The zero-order valence-electron chi connectivity index (χ0n) is 14.4. The van der Waals surface area contributed by atoms with E-state index in [1.165, 1.54) is 0 Å². The molecule has 1 saturated carbocycles. The maximum absolute atomic E-state index is 12.2. The second-order valence-corrected chi connectivity index (χ2v) is 7.61. The first-order valence-electron chi connectivity index (χ1n) is 8.68. The Labute approximate surface area is 138 Å². The molecule has 23 heavy (non-hydrogen) atoms. The van der Waals surface area contributed by atoms with Crippen LogP contribution in [0.5, 0.6) is 0 Å². The summed E-state index contributed by atoms with van der Waals surface area (Å²) in [6.45, 7) is 3.81. The van der Waals surface area contributed by atoms with Gasteiger partial charge in [-0.15, -0.1) is 0 Å². The van der Waals surface area contributed by atoms with Crippen molar-refractivity contribution in [2.75, 3.05) is 20.2 Å². The molecule has 0 aromatic carbocycles. The summed E-state index contributed by atoms with van der Waals surface area (Å²) < 4.78 is 0. The molecule has 5 nitrogen and oxygen atoms in total. The van der Waals surface area contributed by atoms with Crippen molar-refractivity contribution in [1.29, 1.82) is 0 Å². The highest BCUT2D eigenvalue weighted by Gasteiger charge is 2.53. The molecule has 2 rings (SSSR count). The van der Waals surface area contributed by atoms with Crippen LogP contribution in [0.3, 0.4) is 0 Å². The number of aliphatic hydroxyl groups is 3. The van der Waals surface area contributed by atoms with Crippen LogP contribution in [0.4, 0.5) is 0 Å². The van der Waals surface area contributed by atoms with E-state index in [9.17, 15) is 20.1 Å². The molecule has 2 aliphatic carbocycles. The summed E-state index contributed by atoms with van der Waals surface area (Å²) in [4.78, 5) is 12.2. The molecular formula is C18H31NO4. The van der Waals surface area contributed by atoms with Gasteiger partial charge in [-0.2, -0.15) is 0 Å². The minimum atomic E-state index is -1.06. The van der Waals surface area contributed by atoms with Crippen LogP contribution in [0.25, 0.3) is 0 Å². The number of hydrogen-bond acceptors (Lipinski definition) is 5. The van der Waals surface area contributed by atoms with Crippen molar-refractivity contribution in [3.05, 3.63) is 12.2 Å². The lowest BCUT2D eigenvalue weighted by Crippen LogP contribution is -2.57. The van der Waals surface area contributed by atoms with Crippen molar-refractivity contribution in [3.8, 4) is 0 Å². The number of carbonyl (C=O) groups is 1. The largest absolute Gasteiger partial charge is 0.396 e. The predicted octanol–water partition coefficient (Wildman–Crippen LogP) is 0.734. The summed E-state index contributed by atoms with van der Waals surface area (Å²) >= 11 is 0. The molecule has 0 bridgehead atoms. The van der Waals surface area contributed by atoms with Crippen molar-refractivity contribution < 1.29 is 20.1 Å². The zero-order chi connectivity index (χ0) is 17.2. The van der Waals surface area contributed by atoms with E-state index in [4.69, 9.17) is 0 Å². The summed E-state index contributed by atoms with van der Waals surface area (Å²) in [7, 11) is 1.66. The molecule has 7 atom stereocenters. The minimum absolute atomic E-state index is 0.107. The third-order valence-electron chi connectivity index (χ3n) is 6.12. The van der Waals surface area contributed by atoms with Crippen LogP contribution < -0.4 is 5.32 Å². The van der Waals surface area contributed by atoms with Crippen molar-refractivity contribution >= 4 is 5.78 Å². The van der Waals surface area contributed by atoms with Gasteiger partial charge in [-0.05, 0) is 37.6 Å². The number of fused-ring (bicyclic) bond motifs is 1. The second kappa shape index (κ2) is 7.43. The van der Waals surface area contributed by atoms with Gasteiger partial charge in [-0.1, -0.05) is 32.4 Å². The average Bonchev–Trinajstić information content (AvgIpc) is 2.51. The molecule has 4 N–H and O–H groups in total. The highest BCUT2D eigenvalue weighted by Crippen LogP contribution is 2.52. The highest BCUT2D eigenvalue weighted by molar-refractivity contribution is 5.83. The molecule has 2 aliphatic rings. The molecule has 0 spiro atoms. The number of allylic oxidation sites excluding steroid dienone is 1. The number of nitrogens with one attached hydrogen (secondary N) is 1. The number of carbonyl (C=O) groups excluding carboxylic acids is 1. The van der Waals surface area contributed by atoms with Gasteiger partial charge in [0, 0.05) is 5.41 Å². The van der Waals surface area contributed by atoms with Gasteiger partial charge in [0.25, 0.3) is 0 Å².